The summed E-state index contributed by atoms with van der Waals surface area (Å²) in [6, 6.07) is 4.77. The average molecular weight is 396 g/mol. The van der Waals surface area contributed by atoms with Crippen molar-refractivity contribution in [1.82, 2.24) is 15.2 Å². The van der Waals surface area contributed by atoms with E-state index < -0.39 is 12.0 Å². The molecule has 138 valence electrons. The molecule has 1 N–H and O–H groups in total. The van der Waals surface area contributed by atoms with E-state index in [1.807, 2.05) is 6.92 Å². The van der Waals surface area contributed by atoms with Crippen molar-refractivity contribution in [1.29, 1.82) is 0 Å². The van der Waals surface area contributed by atoms with Crippen LogP contribution in [0, 0.1) is 19.8 Å². The third kappa shape index (κ3) is 3.57. The fourth-order valence-electron chi connectivity index (χ4n) is 3.29. The van der Waals surface area contributed by atoms with E-state index in [1.165, 1.54) is 0 Å². The van der Waals surface area contributed by atoms with E-state index >= 15 is 0 Å². The van der Waals surface area contributed by atoms with Crippen molar-refractivity contribution in [3.63, 3.8) is 0 Å². The lowest BCUT2D eigenvalue weighted by Gasteiger charge is -2.25. The maximum atomic E-state index is 12.8. The molecular formula is C18H19Cl2N3O3. The number of carbonyl (C=O) groups excluding carboxylic acids is 2. The second kappa shape index (κ2) is 7.29. The van der Waals surface area contributed by atoms with E-state index in [4.69, 9.17) is 27.6 Å². The minimum absolute atomic E-state index is 0.0899. The van der Waals surface area contributed by atoms with Gasteiger partial charge in [0, 0.05) is 20.4 Å². The molecule has 2 aromatic rings. The largest absolute Gasteiger partial charge is 0.444 e. The van der Waals surface area contributed by atoms with E-state index in [1.54, 1.807) is 37.1 Å². The third-order valence-corrected chi connectivity index (χ3v) is 5.37. The van der Waals surface area contributed by atoms with Crippen molar-refractivity contribution >= 4 is 35.0 Å². The molecule has 0 saturated carbocycles. The zero-order valence-corrected chi connectivity index (χ0v) is 16.2. The molecule has 0 aliphatic carbocycles. The molecule has 2 atom stereocenters. The number of aromatic nitrogens is 1. The molecule has 0 radical (unpaired) electrons. The Bertz CT molecular complexity index is 865. The minimum atomic E-state index is -0.519. The lowest BCUT2D eigenvalue weighted by Crippen LogP contribution is -2.34. The van der Waals surface area contributed by atoms with Crippen LogP contribution in [-0.4, -0.2) is 28.7 Å². The summed E-state index contributed by atoms with van der Waals surface area (Å²) in [7, 11) is 1.69. The van der Waals surface area contributed by atoms with Gasteiger partial charge in [0.1, 0.15) is 5.76 Å². The molecule has 0 bridgehead atoms. The summed E-state index contributed by atoms with van der Waals surface area (Å²) >= 11 is 12.1. The number of nitrogens with one attached hydrogen (secondary N) is 1. The molecule has 26 heavy (non-hydrogen) atoms. The van der Waals surface area contributed by atoms with Gasteiger partial charge in [-0.1, -0.05) is 29.3 Å². The summed E-state index contributed by atoms with van der Waals surface area (Å²) in [5, 5.41) is 3.67. The molecule has 1 aliphatic rings. The van der Waals surface area contributed by atoms with E-state index in [9.17, 15) is 9.59 Å². The lowest BCUT2D eigenvalue weighted by atomic mass is 9.93. The Morgan fingerprint density at radius 3 is 2.69 bits per heavy atom. The molecular weight excluding hydrogens is 377 g/mol. The Morgan fingerprint density at radius 1 is 1.35 bits per heavy atom. The summed E-state index contributed by atoms with van der Waals surface area (Å²) in [4.78, 5) is 30.7. The maximum absolute atomic E-state index is 12.8. The Morgan fingerprint density at radius 2 is 2.08 bits per heavy atom. The molecule has 2 amide bonds. The summed E-state index contributed by atoms with van der Waals surface area (Å²) in [5.41, 5.74) is 1.52. The predicted molar refractivity (Wildman–Crippen MR) is 97.9 cm³/mol. The lowest BCUT2D eigenvalue weighted by molar-refractivity contribution is -0.128. The highest BCUT2D eigenvalue weighted by Crippen LogP contribution is 2.39. The highest BCUT2D eigenvalue weighted by atomic mass is 35.5. The highest BCUT2D eigenvalue weighted by molar-refractivity contribution is 6.42. The summed E-state index contributed by atoms with van der Waals surface area (Å²) in [5.74, 6) is 0.338. The van der Waals surface area contributed by atoms with Crippen LogP contribution in [0.3, 0.4) is 0 Å². The number of hydrogen-bond donors (Lipinski definition) is 1. The Hall–Kier alpha value is -2.05. The van der Waals surface area contributed by atoms with E-state index in [2.05, 4.69) is 10.3 Å². The number of halogens is 2. The quantitative estimate of drug-likeness (QED) is 0.859. The zero-order valence-electron chi connectivity index (χ0n) is 14.7. The molecule has 1 saturated heterocycles. The van der Waals surface area contributed by atoms with Crippen LogP contribution < -0.4 is 5.32 Å². The SMILES string of the molecule is Cc1nc(C)c(CNC(=O)C2CC(=O)N(C)C2c2ccc(Cl)c(Cl)c2)o1. The number of hydrogen-bond acceptors (Lipinski definition) is 4. The second-order valence-corrected chi connectivity index (χ2v) is 7.21. The van der Waals surface area contributed by atoms with Gasteiger partial charge in [-0.3, -0.25) is 9.59 Å². The van der Waals surface area contributed by atoms with Crippen molar-refractivity contribution in [2.45, 2.75) is 32.9 Å². The fraction of sp³-hybridized carbons (Fsp3) is 0.389. The highest BCUT2D eigenvalue weighted by Gasteiger charge is 2.42. The van der Waals surface area contributed by atoms with Gasteiger partial charge in [-0.05, 0) is 24.6 Å². The third-order valence-electron chi connectivity index (χ3n) is 4.63. The smallest absolute Gasteiger partial charge is 0.226 e. The Balaban J connectivity index is 1.79. The maximum Gasteiger partial charge on any atom is 0.226 e. The number of benzene rings is 1. The van der Waals surface area contributed by atoms with E-state index in [-0.39, 0.29) is 24.8 Å². The molecule has 1 fully saturated rings. The van der Waals surface area contributed by atoms with Gasteiger partial charge in [0.25, 0.3) is 0 Å². The minimum Gasteiger partial charge on any atom is -0.444 e. The second-order valence-electron chi connectivity index (χ2n) is 6.39. The van der Waals surface area contributed by atoms with Gasteiger partial charge >= 0.3 is 0 Å². The van der Waals surface area contributed by atoms with Crippen molar-refractivity contribution in [2.75, 3.05) is 7.05 Å². The van der Waals surface area contributed by atoms with Gasteiger partial charge in [0.2, 0.25) is 11.8 Å². The number of amides is 2. The topological polar surface area (TPSA) is 75.4 Å². The van der Waals surface area contributed by atoms with Crippen LogP contribution >= 0.6 is 23.2 Å². The molecule has 0 spiro atoms. The monoisotopic (exact) mass is 395 g/mol. The first-order valence-electron chi connectivity index (χ1n) is 8.19. The zero-order chi connectivity index (χ0) is 19.0. The molecule has 6 nitrogen and oxygen atoms in total. The van der Waals surface area contributed by atoms with Crippen LogP contribution in [0.15, 0.2) is 22.6 Å². The van der Waals surface area contributed by atoms with Gasteiger partial charge in [0.15, 0.2) is 5.89 Å². The fourth-order valence-corrected chi connectivity index (χ4v) is 3.60. The van der Waals surface area contributed by atoms with Gasteiger partial charge < -0.3 is 14.6 Å². The first-order valence-corrected chi connectivity index (χ1v) is 8.94. The van der Waals surface area contributed by atoms with Crippen LogP contribution in [0.2, 0.25) is 10.0 Å². The molecule has 2 heterocycles. The van der Waals surface area contributed by atoms with Gasteiger partial charge in [-0.25, -0.2) is 4.98 Å². The number of rotatable bonds is 4. The van der Waals surface area contributed by atoms with Crippen LogP contribution in [0.4, 0.5) is 0 Å². The normalized spacial score (nSPS) is 19.9. The van der Waals surface area contributed by atoms with Crippen LogP contribution in [0.25, 0.3) is 0 Å². The number of carbonyl (C=O) groups is 2. The molecule has 1 aromatic carbocycles. The van der Waals surface area contributed by atoms with Gasteiger partial charge in [0.05, 0.1) is 34.2 Å². The van der Waals surface area contributed by atoms with Crippen molar-refractivity contribution in [3.05, 3.63) is 51.2 Å². The first-order chi connectivity index (χ1) is 12.3. The number of likely N-dealkylation sites (tertiary alicyclic amines) is 1. The Labute approximate surface area is 161 Å². The number of nitrogens with zero attached hydrogens (tertiary/aromatic N) is 2. The first kappa shape index (κ1) is 18.7. The van der Waals surface area contributed by atoms with Crippen molar-refractivity contribution < 1.29 is 14.0 Å². The summed E-state index contributed by atoms with van der Waals surface area (Å²) in [6.45, 7) is 3.81. The van der Waals surface area contributed by atoms with Crippen LogP contribution in [0.5, 0.6) is 0 Å². The van der Waals surface area contributed by atoms with Gasteiger partial charge in [-0.2, -0.15) is 0 Å². The standard InChI is InChI=1S/C18H19Cl2N3O3/c1-9-15(26-10(2)22-9)8-21-18(25)12-7-16(24)23(3)17(12)11-4-5-13(19)14(20)6-11/h4-6,12,17H,7-8H2,1-3H3,(H,21,25). The summed E-state index contributed by atoms with van der Waals surface area (Å²) < 4.78 is 5.47. The van der Waals surface area contributed by atoms with Crippen LogP contribution in [-0.2, 0) is 16.1 Å². The van der Waals surface area contributed by atoms with E-state index in [0.29, 0.717) is 21.7 Å². The molecule has 8 heteroatoms. The number of oxazole rings is 1. The Kier molecular flexibility index (Phi) is 5.25. The molecule has 1 aromatic heterocycles. The van der Waals surface area contributed by atoms with Crippen molar-refractivity contribution in [2.24, 2.45) is 5.92 Å². The van der Waals surface area contributed by atoms with Crippen molar-refractivity contribution in [3.8, 4) is 0 Å². The molecule has 2 unspecified atom stereocenters. The predicted octanol–water partition coefficient (Wildman–Crippen LogP) is 3.43. The average Bonchev–Trinajstić information content (AvgIpc) is 3.07. The molecule has 1 aliphatic heterocycles. The number of aryl methyl sites for hydroxylation is 2. The summed E-state index contributed by atoms with van der Waals surface area (Å²) in [6.07, 6.45) is 0.141. The van der Waals surface area contributed by atoms with Gasteiger partial charge in [-0.15, -0.1) is 0 Å². The van der Waals surface area contributed by atoms with E-state index in [0.717, 1.165) is 11.3 Å². The molecule has 3 rings (SSSR count). The van der Waals surface area contributed by atoms with Crippen LogP contribution in [0.1, 0.15) is 35.4 Å².